The topological polar surface area (TPSA) is 12.9 Å². The molecule has 0 aromatic carbocycles. The fourth-order valence-corrected chi connectivity index (χ4v) is 1.78. The zero-order valence-electron chi connectivity index (χ0n) is 6.17. The Morgan fingerprint density at radius 3 is 2.91 bits per heavy atom. The Morgan fingerprint density at radius 1 is 1.73 bits per heavy atom. The van der Waals surface area contributed by atoms with Gasteiger partial charge < -0.3 is 0 Å². The molecule has 0 atom stereocenters. The van der Waals surface area contributed by atoms with Gasteiger partial charge in [-0.1, -0.05) is 18.2 Å². The molecule has 0 bridgehead atoms. The molecule has 0 unspecified atom stereocenters. The van der Waals surface area contributed by atoms with Crippen molar-refractivity contribution in [1.82, 2.24) is 4.98 Å². The van der Waals surface area contributed by atoms with Crippen LogP contribution in [-0.2, 0) is 0 Å². The lowest BCUT2D eigenvalue weighted by atomic mass is 10.3. The van der Waals surface area contributed by atoms with E-state index in [1.165, 1.54) is 0 Å². The maximum atomic E-state index is 5.90. The first-order valence-electron chi connectivity index (χ1n) is 3.10. The minimum Gasteiger partial charge on any atom is -0.256 e. The van der Waals surface area contributed by atoms with Crippen molar-refractivity contribution in [3.05, 3.63) is 29.6 Å². The first-order valence-corrected chi connectivity index (χ1v) is 4.70. The predicted octanol–water partition coefficient (Wildman–Crippen LogP) is 3.10. The number of hydrogen-bond donors (Lipinski definition) is 0. The second-order valence-corrected chi connectivity index (χ2v) is 3.14. The van der Waals surface area contributed by atoms with Crippen molar-refractivity contribution in [2.45, 2.75) is 4.90 Å². The number of aromatic nitrogens is 1. The number of nitrogens with zero attached hydrogens (tertiary/aromatic N) is 1. The second-order valence-electron chi connectivity index (χ2n) is 1.92. The molecule has 0 radical (unpaired) electrons. The average Bonchev–Trinajstić information content (AvgIpc) is 2.04. The lowest BCUT2D eigenvalue weighted by molar-refractivity contribution is 1.21. The van der Waals surface area contributed by atoms with Crippen LogP contribution in [0.3, 0.4) is 0 Å². The van der Waals surface area contributed by atoms with Gasteiger partial charge in [-0.3, -0.25) is 4.98 Å². The van der Waals surface area contributed by atoms with E-state index >= 15 is 0 Å². The van der Waals surface area contributed by atoms with E-state index in [1.807, 2.05) is 6.26 Å². The second kappa shape index (κ2) is 3.79. The van der Waals surface area contributed by atoms with Crippen molar-refractivity contribution >= 4 is 29.4 Å². The zero-order valence-corrected chi connectivity index (χ0v) is 7.75. The average molecular weight is 186 g/mol. The molecule has 3 heteroatoms. The molecular formula is C8H8ClNS. The molecule has 58 valence electrons. The van der Waals surface area contributed by atoms with Crippen LogP contribution in [-0.4, -0.2) is 11.2 Å². The van der Waals surface area contributed by atoms with Gasteiger partial charge in [-0.15, -0.1) is 11.8 Å². The number of pyridine rings is 1. The van der Waals surface area contributed by atoms with Crippen LogP contribution in [0.15, 0.2) is 23.7 Å². The van der Waals surface area contributed by atoms with Crippen molar-refractivity contribution in [2.24, 2.45) is 0 Å². The van der Waals surface area contributed by atoms with E-state index in [-0.39, 0.29) is 0 Å². The summed E-state index contributed by atoms with van der Waals surface area (Å²) in [5.74, 6) is 0. The maximum Gasteiger partial charge on any atom is 0.0774 e. The molecule has 0 N–H and O–H groups in total. The van der Waals surface area contributed by atoms with Crippen LogP contribution in [0.5, 0.6) is 0 Å². The van der Waals surface area contributed by atoms with Gasteiger partial charge in [0.25, 0.3) is 0 Å². The molecule has 1 aromatic heterocycles. The van der Waals surface area contributed by atoms with Gasteiger partial charge in [0, 0.05) is 6.20 Å². The van der Waals surface area contributed by atoms with Gasteiger partial charge in [-0.25, -0.2) is 0 Å². The van der Waals surface area contributed by atoms with Crippen LogP contribution in [0.25, 0.3) is 6.08 Å². The first-order chi connectivity index (χ1) is 5.29. The number of thioether (sulfide) groups is 1. The third-order valence-electron chi connectivity index (χ3n) is 1.28. The van der Waals surface area contributed by atoms with Gasteiger partial charge in [-0.05, 0) is 18.4 Å². The molecule has 0 spiro atoms. The SMILES string of the molecule is C=Cc1nccc(Cl)c1SC. The van der Waals surface area contributed by atoms with Gasteiger partial charge in [0.2, 0.25) is 0 Å². The van der Waals surface area contributed by atoms with Crippen LogP contribution in [0, 0.1) is 0 Å². The van der Waals surface area contributed by atoms with Crippen molar-refractivity contribution in [3.63, 3.8) is 0 Å². The van der Waals surface area contributed by atoms with Gasteiger partial charge >= 0.3 is 0 Å². The quantitative estimate of drug-likeness (QED) is 0.657. The lowest BCUT2D eigenvalue weighted by Crippen LogP contribution is -1.84. The molecule has 0 fully saturated rings. The third kappa shape index (κ3) is 1.76. The Balaban J connectivity index is 3.23. The molecule has 0 amide bonds. The highest BCUT2D eigenvalue weighted by Gasteiger charge is 2.02. The van der Waals surface area contributed by atoms with Crippen molar-refractivity contribution in [1.29, 1.82) is 0 Å². The fourth-order valence-electron chi connectivity index (χ4n) is 0.787. The number of rotatable bonds is 2. The Kier molecular flexibility index (Phi) is 2.97. The Labute approximate surface area is 75.5 Å². The van der Waals surface area contributed by atoms with E-state index in [4.69, 9.17) is 11.6 Å². The summed E-state index contributed by atoms with van der Waals surface area (Å²) in [5, 5.41) is 0.738. The van der Waals surface area contributed by atoms with E-state index in [2.05, 4.69) is 11.6 Å². The number of hydrogen-bond acceptors (Lipinski definition) is 2. The minimum atomic E-state index is 0.738. The van der Waals surface area contributed by atoms with Crippen LogP contribution >= 0.6 is 23.4 Å². The van der Waals surface area contributed by atoms with Gasteiger partial charge in [0.15, 0.2) is 0 Å². The molecule has 1 rings (SSSR count). The molecule has 1 aromatic rings. The van der Waals surface area contributed by atoms with Crippen LogP contribution in [0.4, 0.5) is 0 Å². The van der Waals surface area contributed by atoms with Gasteiger partial charge in [0.05, 0.1) is 15.6 Å². The molecule has 11 heavy (non-hydrogen) atoms. The maximum absolute atomic E-state index is 5.90. The van der Waals surface area contributed by atoms with Crippen molar-refractivity contribution in [2.75, 3.05) is 6.26 Å². The smallest absolute Gasteiger partial charge is 0.0774 e. The predicted molar refractivity (Wildman–Crippen MR) is 51.1 cm³/mol. The highest BCUT2D eigenvalue weighted by Crippen LogP contribution is 2.27. The Morgan fingerprint density at radius 2 is 2.45 bits per heavy atom. The van der Waals surface area contributed by atoms with E-state index in [9.17, 15) is 0 Å². The largest absolute Gasteiger partial charge is 0.256 e. The molecule has 0 aliphatic carbocycles. The Bertz CT molecular complexity index is 273. The fraction of sp³-hybridized carbons (Fsp3) is 0.125. The van der Waals surface area contributed by atoms with E-state index in [0.29, 0.717) is 0 Å². The van der Waals surface area contributed by atoms with Crippen molar-refractivity contribution < 1.29 is 0 Å². The van der Waals surface area contributed by atoms with E-state index in [0.717, 1.165) is 15.6 Å². The summed E-state index contributed by atoms with van der Waals surface area (Å²) < 4.78 is 0. The molecule has 0 saturated carbocycles. The first kappa shape index (κ1) is 8.62. The molecule has 0 aliphatic heterocycles. The highest BCUT2D eigenvalue weighted by atomic mass is 35.5. The van der Waals surface area contributed by atoms with Crippen LogP contribution in [0.2, 0.25) is 5.02 Å². The van der Waals surface area contributed by atoms with Crippen molar-refractivity contribution in [3.8, 4) is 0 Å². The summed E-state index contributed by atoms with van der Waals surface area (Å²) in [4.78, 5) is 5.10. The molecular weight excluding hydrogens is 178 g/mol. The zero-order chi connectivity index (χ0) is 8.27. The summed E-state index contributed by atoms with van der Waals surface area (Å²) in [6.45, 7) is 3.65. The monoisotopic (exact) mass is 185 g/mol. The summed E-state index contributed by atoms with van der Waals surface area (Å²) in [6, 6.07) is 1.78. The van der Waals surface area contributed by atoms with Gasteiger partial charge in [0.1, 0.15) is 0 Å². The summed E-state index contributed by atoms with van der Waals surface area (Å²) in [7, 11) is 0. The minimum absolute atomic E-state index is 0.738. The summed E-state index contributed by atoms with van der Waals surface area (Å²) in [6.07, 6.45) is 5.35. The highest BCUT2D eigenvalue weighted by molar-refractivity contribution is 7.98. The Hall–Kier alpha value is -0.470. The van der Waals surface area contributed by atoms with Crippen LogP contribution in [0.1, 0.15) is 5.69 Å². The van der Waals surface area contributed by atoms with E-state index in [1.54, 1.807) is 30.1 Å². The van der Waals surface area contributed by atoms with E-state index < -0.39 is 0 Å². The lowest BCUT2D eigenvalue weighted by Gasteiger charge is -2.02. The molecule has 1 nitrogen and oxygen atoms in total. The van der Waals surface area contributed by atoms with Gasteiger partial charge in [-0.2, -0.15) is 0 Å². The summed E-state index contributed by atoms with van der Waals surface area (Å²) in [5.41, 5.74) is 0.852. The normalized spacial score (nSPS) is 9.64. The third-order valence-corrected chi connectivity index (χ3v) is 2.55. The molecule has 0 saturated heterocycles. The standard InChI is InChI=1S/C8H8ClNS/c1-3-7-8(11-2)6(9)4-5-10-7/h3-5H,1H2,2H3. The summed E-state index contributed by atoms with van der Waals surface area (Å²) >= 11 is 7.48. The molecule has 1 heterocycles. The van der Waals surface area contributed by atoms with Crippen LogP contribution < -0.4 is 0 Å². The number of halogens is 1. The molecule has 0 aliphatic rings.